The SMILES string of the molecule is CCCCCc1ccc(NC(=O)c2ccccc2SCC(N)=O)cc1. The molecule has 2 aromatic carbocycles. The molecule has 0 aliphatic rings. The lowest BCUT2D eigenvalue weighted by Gasteiger charge is -2.10. The van der Waals surface area contributed by atoms with Gasteiger partial charge in [0.1, 0.15) is 0 Å². The second-order valence-electron chi connectivity index (χ2n) is 5.86. The number of thioether (sulfide) groups is 1. The maximum atomic E-state index is 12.5. The molecule has 0 saturated heterocycles. The number of hydrogen-bond acceptors (Lipinski definition) is 3. The minimum Gasteiger partial charge on any atom is -0.369 e. The summed E-state index contributed by atoms with van der Waals surface area (Å²) in [7, 11) is 0. The molecule has 0 radical (unpaired) electrons. The third kappa shape index (κ3) is 6.27. The van der Waals surface area contributed by atoms with Crippen molar-refractivity contribution in [3.63, 3.8) is 0 Å². The Morgan fingerprint density at radius 2 is 1.76 bits per heavy atom. The fourth-order valence-electron chi connectivity index (χ4n) is 2.46. The summed E-state index contributed by atoms with van der Waals surface area (Å²) < 4.78 is 0. The number of nitrogens with two attached hydrogens (primary N) is 1. The van der Waals surface area contributed by atoms with Crippen molar-refractivity contribution in [1.29, 1.82) is 0 Å². The molecule has 0 aromatic heterocycles. The molecule has 2 amide bonds. The van der Waals surface area contributed by atoms with Crippen molar-refractivity contribution in [2.75, 3.05) is 11.1 Å². The molecule has 0 spiro atoms. The molecule has 25 heavy (non-hydrogen) atoms. The van der Waals surface area contributed by atoms with E-state index in [9.17, 15) is 9.59 Å². The van der Waals surface area contributed by atoms with Crippen LogP contribution in [-0.4, -0.2) is 17.6 Å². The Morgan fingerprint density at radius 1 is 1.04 bits per heavy atom. The van der Waals surface area contributed by atoms with Gasteiger partial charge in [0.05, 0.1) is 11.3 Å². The zero-order valence-corrected chi connectivity index (χ0v) is 15.3. The number of carbonyl (C=O) groups is 2. The van der Waals surface area contributed by atoms with Crippen molar-refractivity contribution in [2.24, 2.45) is 5.73 Å². The maximum Gasteiger partial charge on any atom is 0.256 e. The fourth-order valence-corrected chi connectivity index (χ4v) is 3.25. The number of hydrogen-bond donors (Lipinski definition) is 2. The molecule has 0 fully saturated rings. The number of primary amides is 1. The predicted molar refractivity (Wildman–Crippen MR) is 104 cm³/mol. The molecule has 0 saturated carbocycles. The first-order chi connectivity index (χ1) is 12.1. The van der Waals surface area contributed by atoms with Gasteiger partial charge >= 0.3 is 0 Å². The van der Waals surface area contributed by atoms with Crippen LogP contribution in [0.1, 0.15) is 42.1 Å². The van der Waals surface area contributed by atoms with E-state index in [1.807, 2.05) is 24.3 Å². The van der Waals surface area contributed by atoms with Gasteiger partial charge in [-0.3, -0.25) is 9.59 Å². The van der Waals surface area contributed by atoms with Gasteiger partial charge in [0, 0.05) is 10.6 Å². The van der Waals surface area contributed by atoms with E-state index in [2.05, 4.69) is 24.4 Å². The summed E-state index contributed by atoms with van der Waals surface area (Å²) in [5.74, 6) is -0.443. The van der Waals surface area contributed by atoms with E-state index in [-0.39, 0.29) is 11.7 Å². The molecule has 2 aromatic rings. The molecule has 0 unspecified atom stereocenters. The van der Waals surface area contributed by atoms with Crippen LogP contribution in [0, 0.1) is 0 Å². The van der Waals surface area contributed by atoms with Crippen molar-refractivity contribution in [3.05, 3.63) is 59.7 Å². The van der Waals surface area contributed by atoms with E-state index in [4.69, 9.17) is 5.73 Å². The van der Waals surface area contributed by atoms with Crippen molar-refractivity contribution in [2.45, 2.75) is 37.5 Å². The van der Waals surface area contributed by atoms with Gasteiger partial charge in [0.25, 0.3) is 5.91 Å². The zero-order chi connectivity index (χ0) is 18.1. The van der Waals surface area contributed by atoms with Crippen LogP contribution < -0.4 is 11.1 Å². The number of rotatable bonds is 9. The number of anilines is 1. The Morgan fingerprint density at radius 3 is 2.44 bits per heavy atom. The Hall–Kier alpha value is -2.27. The van der Waals surface area contributed by atoms with Gasteiger partial charge in [-0.25, -0.2) is 0 Å². The zero-order valence-electron chi connectivity index (χ0n) is 14.5. The Bertz CT molecular complexity index is 714. The maximum absolute atomic E-state index is 12.5. The topological polar surface area (TPSA) is 72.2 Å². The van der Waals surface area contributed by atoms with Gasteiger partial charge in [0.15, 0.2) is 0 Å². The van der Waals surface area contributed by atoms with Crippen LogP contribution in [-0.2, 0) is 11.2 Å². The van der Waals surface area contributed by atoms with Crippen LogP contribution in [0.2, 0.25) is 0 Å². The van der Waals surface area contributed by atoms with Gasteiger partial charge in [-0.05, 0) is 42.7 Å². The van der Waals surface area contributed by atoms with Crippen LogP contribution in [0.15, 0.2) is 53.4 Å². The highest BCUT2D eigenvalue weighted by atomic mass is 32.2. The van der Waals surface area contributed by atoms with Crippen LogP contribution in [0.4, 0.5) is 5.69 Å². The van der Waals surface area contributed by atoms with Gasteiger partial charge in [-0.15, -0.1) is 11.8 Å². The monoisotopic (exact) mass is 356 g/mol. The van der Waals surface area contributed by atoms with Crippen LogP contribution in [0.3, 0.4) is 0 Å². The minimum atomic E-state index is -0.404. The standard InChI is InChI=1S/C20H24N2O2S/c1-2-3-4-7-15-10-12-16(13-11-15)22-20(24)17-8-5-6-9-18(17)25-14-19(21)23/h5-6,8-13H,2-4,7,14H2,1H3,(H2,21,23)(H,22,24). The van der Waals surface area contributed by atoms with Crippen molar-refractivity contribution >= 4 is 29.3 Å². The van der Waals surface area contributed by atoms with E-state index in [0.29, 0.717) is 5.56 Å². The molecule has 0 bridgehead atoms. The van der Waals surface area contributed by atoms with E-state index < -0.39 is 5.91 Å². The van der Waals surface area contributed by atoms with Gasteiger partial charge in [-0.1, -0.05) is 44.0 Å². The number of amides is 2. The number of unbranched alkanes of at least 4 members (excludes halogenated alkanes) is 2. The third-order valence-corrected chi connectivity index (χ3v) is 4.88. The van der Waals surface area contributed by atoms with Crippen LogP contribution in [0.25, 0.3) is 0 Å². The average Bonchev–Trinajstić information content (AvgIpc) is 2.62. The number of nitrogens with one attached hydrogen (secondary N) is 1. The van der Waals surface area contributed by atoms with E-state index in [1.165, 1.54) is 36.6 Å². The molecule has 2 rings (SSSR count). The third-order valence-electron chi connectivity index (χ3n) is 3.78. The average molecular weight is 356 g/mol. The first kappa shape index (κ1) is 19.1. The molecule has 0 aliphatic heterocycles. The largest absolute Gasteiger partial charge is 0.369 e. The number of carbonyl (C=O) groups excluding carboxylic acids is 2. The Labute approximate surface area is 153 Å². The highest BCUT2D eigenvalue weighted by molar-refractivity contribution is 8.00. The fraction of sp³-hybridized carbons (Fsp3) is 0.300. The summed E-state index contributed by atoms with van der Waals surface area (Å²) in [6, 6.07) is 15.2. The van der Waals surface area contributed by atoms with Crippen molar-refractivity contribution in [1.82, 2.24) is 0 Å². The molecule has 4 nitrogen and oxygen atoms in total. The molecule has 0 heterocycles. The summed E-state index contributed by atoms with van der Waals surface area (Å²) in [6.45, 7) is 2.19. The summed E-state index contributed by atoms with van der Waals surface area (Å²) in [4.78, 5) is 24.3. The molecule has 3 N–H and O–H groups in total. The number of aryl methyl sites for hydroxylation is 1. The molecular formula is C20H24N2O2S. The quantitative estimate of drug-likeness (QED) is 0.521. The summed E-state index contributed by atoms with van der Waals surface area (Å²) >= 11 is 1.27. The summed E-state index contributed by atoms with van der Waals surface area (Å²) in [5, 5.41) is 2.91. The highest BCUT2D eigenvalue weighted by Gasteiger charge is 2.12. The van der Waals surface area contributed by atoms with Crippen LogP contribution >= 0.6 is 11.8 Å². The Kier molecular flexibility index (Phi) is 7.54. The highest BCUT2D eigenvalue weighted by Crippen LogP contribution is 2.23. The predicted octanol–water partition coefficient (Wildman–Crippen LogP) is 4.25. The van der Waals surface area contributed by atoms with Crippen LogP contribution in [0.5, 0.6) is 0 Å². The molecule has 0 aliphatic carbocycles. The molecule has 5 heteroatoms. The Balaban J connectivity index is 2.01. The lowest BCUT2D eigenvalue weighted by atomic mass is 10.1. The van der Waals surface area contributed by atoms with Gasteiger partial charge in [0.2, 0.25) is 5.91 Å². The summed E-state index contributed by atoms with van der Waals surface area (Å²) in [6.07, 6.45) is 4.70. The smallest absolute Gasteiger partial charge is 0.256 e. The number of benzene rings is 2. The van der Waals surface area contributed by atoms with Gasteiger partial charge < -0.3 is 11.1 Å². The lowest BCUT2D eigenvalue weighted by molar-refractivity contribution is -0.115. The van der Waals surface area contributed by atoms with Gasteiger partial charge in [-0.2, -0.15) is 0 Å². The first-order valence-corrected chi connectivity index (χ1v) is 9.49. The normalized spacial score (nSPS) is 10.4. The minimum absolute atomic E-state index is 0.150. The van der Waals surface area contributed by atoms with Crippen molar-refractivity contribution in [3.8, 4) is 0 Å². The van der Waals surface area contributed by atoms with E-state index >= 15 is 0 Å². The molecule has 0 atom stereocenters. The second kappa shape index (κ2) is 9.89. The lowest BCUT2D eigenvalue weighted by Crippen LogP contribution is -2.15. The summed E-state index contributed by atoms with van der Waals surface area (Å²) in [5.41, 5.74) is 7.77. The first-order valence-electron chi connectivity index (χ1n) is 8.50. The van der Waals surface area contributed by atoms with E-state index in [1.54, 1.807) is 12.1 Å². The molecular weight excluding hydrogens is 332 g/mol. The molecule has 132 valence electrons. The second-order valence-corrected chi connectivity index (χ2v) is 6.88. The van der Waals surface area contributed by atoms with E-state index in [0.717, 1.165) is 17.0 Å². The van der Waals surface area contributed by atoms with Crippen molar-refractivity contribution < 1.29 is 9.59 Å².